The number of halogens is 1. The molecule has 2 N–H and O–H groups in total. The summed E-state index contributed by atoms with van der Waals surface area (Å²) < 4.78 is 16.2. The minimum absolute atomic E-state index is 0.0319. The molecule has 0 aliphatic carbocycles. The molecule has 0 radical (unpaired) electrons. The number of carbonyl (C=O) groups excluding carboxylic acids is 1. The molecule has 0 bridgehead atoms. The van der Waals surface area contributed by atoms with E-state index in [2.05, 4.69) is 25.5 Å². The predicted octanol–water partition coefficient (Wildman–Crippen LogP) is 4.43. The molecule has 1 aliphatic heterocycles. The van der Waals surface area contributed by atoms with Crippen LogP contribution in [0.15, 0.2) is 48.7 Å². The molecule has 1 aliphatic rings. The number of piperidine rings is 1. The molecule has 1 atom stereocenters. The maximum atomic E-state index is 12.9. The van der Waals surface area contributed by atoms with Crippen LogP contribution in [-0.2, 0) is 11.3 Å². The van der Waals surface area contributed by atoms with Crippen LogP contribution in [0.4, 0.5) is 17.5 Å². The van der Waals surface area contributed by atoms with Crippen molar-refractivity contribution in [1.29, 1.82) is 0 Å². The first-order chi connectivity index (χ1) is 17.5. The lowest BCUT2D eigenvalue weighted by atomic mass is 9.97. The van der Waals surface area contributed by atoms with Gasteiger partial charge in [0.25, 0.3) is 0 Å². The Morgan fingerprint density at radius 3 is 2.58 bits per heavy atom. The summed E-state index contributed by atoms with van der Waals surface area (Å²) in [7, 11) is 4.69. The topological polar surface area (TPSA) is 97.8 Å². The fourth-order valence-electron chi connectivity index (χ4n) is 4.25. The maximum absolute atomic E-state index is 12.9. The van der Waals surface area contributed by atoms with Crippen molar-refractivity contribution in [3.8, 4) is 17.2 Å². The molecule has 2 aromatic carbocycles. The molecule has 4 rings (SSSR count). The zero-order valence-corrected chi connectivity index (χ0v) is 21.3. The first-order valence-corrected chi connectivity index (χ1v) is 12.1. The summed E-state index contributed by atoms with van der Waals surface area (Å²) in [5.74, 6) is 2.65. The number of methoxy groups -OCH3 is 3. The Hall–Kier alpha value is -3.72. The average molecular weight is 512 g/mol. The fourth-order valence-corrected chi connectivity index (χ4v) is 4.46. The van der Waals surface area contributed by atoms with E-state index in [1.54, 1.807) is 39.7 Å². The van der Waals surface area contributed by atoms with Gasteiger partial charge in [0, 0.05) is 48.7 Å². The highest BCUT2D eigenvalue weighted by atomic mass is 35.5. The van der Waals surface area contributed by atoms with Crippen LogP contribution in [0.25, 0.3) is 0 Å². The Balaban J connectivity index is 1.43. The molecule has 1 fully saturated rings. The fraction of sp³-hybridized carbons (Fsp3) is 0.346. The maximum Gasteiger partial charge on any atom is 0.229 e. The molecule has 1 saturated heterocycles. The lowest BCUT2D eigenvalue weighted by molar-refractivity contribution is -0.125. The number of rotatable bonds is 9. The van der Waals surface area contributed by atoms with Gasteiger partial charge >= 0.3 is 0 Å². The normalized spacial score (nSPS) is 15.2. The quantitative estimate of drug-likeness (QED) is 0.435. The minimum Gasteiger partial charge on any atom is -0.493 e. The Morgan fingerprint density at radius 2 is 1.89 bits per heavy atom. The smallest absolute Gasteiger partial charge is 0.229 e. The largest absolute Gasteiger partial charge is 0.493 e. The van der Waals surface area contributed by atoms with Crippen molar-refractivity contribution in [2.45, 2.75) is 19.4 Å². The molecule has 0 spiro atoms. The number of amides is 1. The van der Waals surface area contributed by atoms with E-state index in [0.717, 1.165) is 30.8 Å². The number of anilines is 3. The van der Waals surface area contributed by atoms with Crippen molar-refractivity contribution < 1.29 is 19.0 Å². The molecule has 10 heteroatoms. The molecule has 1 aromatic heterocycles. The van der Waals surface area contributed by atoms with Crippen LogP contribution in [0.2, 0.25) is 5.02 Å². The van der Waals surface area contributed by atoms with E-state index in [4.69, 9.17) is 25.8 Å². The summed E-state index contributed by atoms with van der Waals surface area (Å²) in [6.07, 6.45) is 3.43. The van der Waals surface area contributed by atoms with Crippen molar-refractivity contribution in [3.05, 3.63) is 59.2 Å². The molecule has 2 heterocycles. The van der Waals surface area contributed by atoms with Gasteiger partial charge in [0.1, 0.15) is 5.82 Å². The van der Waals surface area contributed by atoms with Gasteiger partial charge in [-0.1, -0.05) is 23.7 Å². The van der Waals surface area contributed by atoms with Crippen LogP contribution in [0.3, 0.4) is 0 Å². The first-order valence-electron chi connectivity index (χ1n) is 11.7. The second-order valence-electron chi connectivity index (χ2n) is 8.41. The molecule has 1 amide bonds. The molecular weight excluding hydrogens is 482 g/mol. The van der Waals surface area contributed by atoms with Gasteiger partial charge < -0.3 is 29.7 Å². The summed E-state index contributed by atoms with van der Waals surface area (Å²) in [5, 5.41) is 6.90. The van der Waals surface area contributed by atoms with E-state index < -0.39 is 0 Å². The van der Waals surface area contributed by atoms with Gasteiger partial charge in [-0.25, -0.2) is 4.98 Å². The second-order valence-corrected chi connectivity index (χ2v) is 8.85. The van der Waals surface area contributed by atoms with Crippen LogP contribution in [-0.4, -0.2) is 50.3 Å². The highest BCUT2D eigenvalue weighted by Gasteiger charge is 2.26. The number of hydrogen-bond acceptors (Lipinski definition) is 8. The summed E-state index contributed by atoms with van der Waals surface area (Å²) in [6, 6.07) is 12.9. The van der Waals surface area contributed by atoms with E-state index in [9.17, 15) is 4.79 Å². The van der Waals surface area contributed by atoms with Crippen molar-refractivity contribution >= 4 is 35.0 Å². The zero-order chi connectivity index (χ0) is 25.5. The number of carbonyl (C=O) groups is 1. The minimum atomic E-state index is -0.126. The summed E-state index contributed by atoms with van der Waals surface area (Å²) in [5.41, 5.74) is 1.67. The van der Waals surface area contributed by atoms with Gasteiger partial charge in [0.2, 0.25) is 17.6 Å². The number of hydrogen-bond donors (Lipinski definition) is 2. The van der Waals surface area contributed by atoms with Crippen LogP contribution in [0.1, 0.15) is 18.4 Å². The molecule has 190 valence electrons. The lowest BCUT2D eigenvalue weighted by Crippen LogP contribution is -2.43. The third kappa shape index (κ3) is 6.09. The first kappa shape index (κ1) is 25.4. The Labute approximate surface area is 215 Å². The highest BCUT2D eigenvalue weighted by molar-refractivity contribution is 6.30. The molecule has 36 heavy (non-hydrogen) atoms. The van der Waals surface area contributed by atoms with Crippen molar-refractivity contribution in [2.24, 2.45) is 5.92 Å². The van der Waals surface area contributed by atoms with Gasteiger partial charge in [0.05, 0.1) is 27.2 Å². The van der Waals surface area contributed by atoms with E-state index in [0.29, 0.717) is 47.0 Å². The molecule has 3 aromatic rings. The number of benzene rings is 2. The van der Waals surface area contributed by atoms with Crippen molar-refractivity contribution in [2.75, 3.05) is 44.6 Å². The van der Waals surface area contributed by atoms with Gasteiger partial charge in [-0.3, -0.25) is 4.79 Å². The molecule has 0 unspecified atom stereocenters. The van der Waals surface area contributed by atoms with E-state index >= 15 is 0 Å². The van der Waals surface area contributed by atoms with E-state index in [1.807, 2.05) is 30.3 Å². The van der Waals surface area contributed by atoms with Crippen molar-refractivity contribution in [3.63, 3.8) is 0 Å². The summed E-state index contributed by atoms with van der Waals surface area (Å²) in [4.78, 5) is 24.0. The van der Waals surface area contributed by atoms with E-state index in [-0.39, 0.29) is 11.8 Å². The van der Waals surface area contributed by atoms with E-state index in [1.165, 1.54) is 0 Å². The summed E-state index contributed by atoms with van der Waals surface area (Å²) in [6.45, 7) is 1.85. The van der Waals surface area contributed by atoms with Gasteiger partial charge in [-0.2, -0.15) is 4.98 Å². The van der Waals surface area contributed by atoms with Crippen LogP contribution < -0.4 is 29.7 Å². The van der Waals surface area contributed by atoms with Gasteiger partial charge in [-0.15, -0.1) is 0 Å². The van der Waals surface area contributed by atoms with Crippen molar-refractivity contribution in [1.82, 2.24) is 15.3 Å². The molecule has 9 nitrogen and oxygen atoms in total. The zero-order valence-electron chi connectivity index (χ0n) is 20.6. The second kappa shape index (κ2) is 11.8. The Kier molecular flexibility index (Phi) is 8.32. The highest BCUT2D eigenvalue weighted by Crippen LogP contribution is 2.40. The number of aromatic nitrogens is 2. The van der Waals surface area contributed by atoms with Gasteiger partial charge in [0.15, 0.2) is 11.5 Å². The molecule has 0 saturated carbocycles. The number of nitrogens with one attached hydrogen (secondary N) is 2. The molecular formula is C26H30ClN5O4. The number of nitrogens with zero attached hydrogens (tertiary/aromatic N) is 3. The third-order valence-corrected chi connectivity index (χ3v) is 6.27. The lowest BCUT2D eigenvalue weighted by Gasteiger charge is -2.33. The number of ether oxygens (including phenoxy) is 3. The third-order valence-electron chi connectivity index (χ3n) is 6.03. The predicted molar refractivity (Wildman–Crippen MR) is 140 cm³/mol. The van der Waals surface area contributed by atoms with Crippen LogP contribution in [0.5, 0.6) is 17.2 Å². The standard InChI is InChI=1S/C26H30ClN5O4/c1-34-21-13-20(14-22(35-2)24(21)36-3)30-26-28-10-9-23(31-26)32-11-5-7-18(16-32)25(33)29-15-17-6-4-8-19(27)12-17/h4,6,8-10,12-14,18H,5,7,11,15-16H2,1-3H3,(H,29,33)(H,28,30,31)/t18-/m1/s1. The summed E-state index contributed by atoms with van der Waals surface area (Å²) >= 11 is 6.05. The van der Waals surface area contributed by atoms with Gasteiger partial charge in [-0.05, 0) is 36.6 Å². The van der Waals surface area contributed by atoms with Crippen LogP contribution >= 0.6 is 11.6 Å². The monoisotopic (exact) mass is 511 g/mol. The van der Waals surface area contributed by atoms with Crippen LogP contribution in [0, 0.1) is 5.92 Å². The SMILES string of the molecule is COc1cc(Nc2nccc(N3CCC[C@@H](C(=O)NCc4cccc(Cl)c4)C3)n2)cc(OC)c1OC. The Bertz CT molecular complexity index is 1180. The Morgan fingerprint density at radius 1 is 1.11 bits per heavy atom. The average Bonchev–Trinajstić information content (AvgIpc) is 2.91.